The van der Waals surface area contributed by atoms with Crippen molar-refractivity contribution in [2.45, 2.75) is 154 Å². The van der Waals surface area contributed by atoms with E-state index in [4.69, 9.17) is 0 Å². The summed E-state index contributed by atoms with van der Waals surface area (Å²) in [6, 6.07) is 0. The molecule has 0 amide bonds. The molecule has 0 aromatic rings. The monoisotopic (exact) mass is 496 g/mol. The van der Waals surface area contributed by atoms with Gasteiger partial charge in [-0.2, -0.15) is 0 Å². The average molecular weight is 497 g/mol. The second-order valence-corrected chi connectivity index (χ2v) is 20.9. The standard InChI is InChI=1S/C34H60Si/c1-23-21-31-27(25-13-7-5-8-14-25)17-11-19-29(31)33(23)35(3,4)34-24(2)22-32-28(18-12-20-30(32)34)26-15-9-6-10-16-26/h23-34H,5-22H2,1-4H3. The maximum atomic E-state index is 2.95. The van der Waals surface area contributed by atoms with E-state index in [1.165, 1.54) is 12.8 Å². The highest BCUT2D eigenvalue weighted by molar-refractivity contribution is 6.80. The van der Waals surface area contributed by atoms with Gasteiger partial charge in [-0.3, -0.25) is 0 Å². The van der Waals surface area contributed by atoms with Gasteiger partial charge in [0.15, 0.2) is 0 Å². The SMILES string of the molecule is CC1CC2C(C3CCCCC3)CCCC2C1[Si](C)(C)C1C(C)CC2C(C3CCCCC3)CCCC21. The van der Waals surface area contributed by atoms with Crippen LogP contribution < -0.4 is 0 Å². The number of hydrogen-bond acceptors (Lipinski definition) is 0. The second kappa shape index (κ2) is 10.4. The van der Waals surface area contributed by atoms with Crippen LogP contribution in [-0.4, -0.2) is 8.07 Å². The largest absolute Gasteiger partial charge is 0.0689 e. The molecule has 10 atom stereocenters. The van der Waals surface area contributed by atoms with E-state index < -0.39 is 8.07 Å². The molecule has 0 bridgehead atoms. The fraction of sp³-hybridized carbons (Fsp3) is 1.00. The molecule has 10 unspecified atom stereocenters. The maximum absolute atomic E-state index is 2.95. The van der Waals surface area contributed by atoms with E-state index in [9.17, 15) is 0 Å². The van der Waals surface area contributed by atoms with Crippen molar-refractivity contribution in [2.24, 2.45) is 59.2 Å². The molecule has 6 rings (SSSR count). The summed E-state index contributed by atoms with van der Waals surface area (Å²) >= 11 is 0. The van der Waals surface area contributed by atoms with E-state index in [-0.39, 0.29) is 0 Å². The van der Waals surface area contributed by atoms with Crippen LogP contribution in [0.1, 0.15) is 129 Å². The normalized spacial score (nSPS) is 48.0. The molecule has 1 heteroatoms. The summed E-state index contributed by atoms with van der Waals surface area (Å²) in [5.41, 5.74) is 2.28. The van der Waals surface area contributed by atoms with Gasteiger partial charge in [-0.05, 0) is 95.9 Å². The molecule has 0 N–H and O–H groups in total. The van der Waals surface area contributed by atoms with Gasteiger partial charge in [0.25, 0.3) is 0 Å². The van der Waals surface area contributed by atoms with Crippen molar-refractivity contribution in [3.63, 3.8) is 0 Å². The molecule has 200 valence electrons. The summed E-state index contributed by atoms with van der Waals surface area (Å²) in [7, 11) is -1.34. The Kier molecular flexibility index (Phi) is 7.58. The smallest absolute Gasteiger partial charge is 0.0546 e. The van der Waals surface area contributed by atoms with Crippen molar-refractivity contribution >= 4 is 8.07 Å². The Morgan fingerprint density at radius 2 is 0.771 bits per heavy atom. The van der Waals surface area contributed by atoms with Gasteiger partial charge in [0.05, 0.1) is 8.07 Å². The topological polar surface area (TPSA) is 0 Å². The molecule has 0 saturated heterocycles. The first-order valence-corrected chi connectivity index (χ1v) is 20.1. The van der Waals surface area contributed by atoms with E-state index in [1.54, 1.807) is 103 Å². The Morgan fingerprint density at radius 3 is 1.17 bits per heavy atom. The fourth-order valence-electron chi connectivity index (χ4n) is 13.3. The van der Waals surface area contributed by atoms with Crippen LogP contribution >= 0.6 is 0 Å². The van der Waals surface area contributed by atoms with E-state index in [2.05, 4.69) is 26.9 Å². The molecular weight excluding hydrogens is 436 g/mol. The zero-order valence-corrected chi connectivity index (χ0v) is 25.2. The van der Waals surface area contributed by atoms with Crippen molar-refractivity contribution in [1.82, 2.24) is 0 Å². The van der Waals surface area contributed by atoms with Gasteiger partial charge in [0, 0.05) is 0 Å². The lowest BCUT2D eigenvalue weighted by atomic mass is 9.65. The van der Waals surface area contributed by atoms with Gasteiger partial charge >= 0.3 is 0 Å². The summed E-state index contributed by atoms with van der Waals surface area (Å²) < 4.78 is 0. The van der Waals surface area contributed by atoms with Gasteiger partial charge in [-0.15, -0.1) is 0 Å². The lowest BCUT2D eigenvalue weighted by Crippen LogP contribution is -2.47. The first-order chi connectivity index (χ1) is 17.0. The summed E-state index contributed by atoms with van der Waals surface area (Å²) in [5, 5.41) is 0. The number of hydrogen-bond donors (Lipinski definition) is 0. The quantitative estimate of drug-likeness (QED) is 0.339. The Balaban J connectivity index is 1.22. The Morgan fingerprint density at radius 1 is 0.400 bits per heavy atom. The minimum Gasteiger partial charge on any atom is -0.0689 e. The third-order valence-corrected chi connectivity index (χ3v) is 19.4. The number of rotatable bonds is 4. The highest BCUT2D eigenvalue weighted by Gasteiger charge is 2.60. The van der Waals surface area contributed by atoms with Crippen molar-refractivity contribution in [1.29, 1.82) is 0 Å². The molecular formula is C34H60Si. The van der Waals surface area contributed by atoms with E-state index in [0.29, 0.717) is 0 Å². The van der Waals surface area contributed by atoms with Gasteiger partial charge < -0.3 is 0 Å². The summed E-state index contributed by atoms with van der Waals surface area (Å²) in [6.07, 6.45) is 28.4. The zero-order valence-electron chi connectivity index (χ0n) is 24.2. The minimum absolute atomic E-state index is 1.03. The highest BCUT2D eigenvalue weighted by atomic mass is 28.3. The molecule has 6 saturated carbocycles. The van der Waals surface area contributed by atoms with Crippen molar-refractivity contribution < 1.29 is 0 Å². The highest BCUT2D eigenvalue weighted by Crippen LogP contribution is 2.67. The van der Waals surface area contributed by atoms with Gasteiger partial charge in [-0.25, -0.2) is 0 Å². The Hall–Kier alpha value is 0.217. The van der Waals surface area contributed by atoms with Crippen LogP contribution in [0.5, 0.6) is 0 Å². The molecule has 0 radical (unpaired) electrons. The molecule has 0 spiro atoms. The van der Waals surface area contributed by atoms with Crippen LogP contribution in [0.2, 0.25) is 24.2 Å². The first kappa shape index (κ1) is 25.5. The van der Waals surface area contributed by atoms with Crippen molar-refractivity contribution in [3.05, 3.63) is 0 Å². The molecule has 0 heterocycles. The molecule has 0 nitrogen and oxygen atoms in total. The molecule has 35 heavy (non-hydrogen) atoms. The van der Waals surface area contributed by atoms with Crippen LogP contribution in [-0.2, 0) is 0 Å². The van der Waals surface area contributed by atoms with Crippen LogP contribution in [0, 0.1) is 59.2 Å². The summed E-state index contributed by atoms with van der Waals surface area (Å²) in [6.45, 7) is 11.4. The fourth-order valence-corrected chi connectivity index (χ4v) is 20.0. The van der Waals surface area contributed by atoms with E-state index >= 15 is 0 Å². The first-order valence-electron chi connectivity index (χ1n) is 17.0. The van der Waals surface area contributed by atoms with Crippen LogP contribution in [0.25, 0.3) is 0 Å². The van der Waals surface area contributed by atoms with Gasteiger partial charge in [0.2, 0.25) is 0 Å². The van der Waals surface area contributed by atoms with Crippen molar-refractivity contribution in [3.8, 4) is 0 Å². The van der Waals surface area contributed by atoms with Gasteiger partial charge in [0.1, 0.15) is 0 Å². The van der Waals surface area contributed by atoms with Crippen LogP contribution in [0.15, 0.2) is 0 Å². The molecule has 6 aliphatic carbocycles. The molecule has 0 aromatic heterocycles. The Bertz CT molecular complexity index is 641. The number of fused-ring (bicyclic) bond motifs is 2. The van der Waals surface area contributed by atoms with Crippen LogP contribution in [0.3, 0.4) is 0 Å². The Labute approximate surface area is 220 Å². The minimum atomic E-state index is -1.34. The predicted octanol–water partition coefficient (Wildman–Crippen LogP) is 10.7. The maximum Gasteiger partial charge on any atom is 0.0546 e. The van der Waals surface area contributed by atoms with E-state index in [0.717, 1.165) is 70.3 Å². The molecule has 6 fully saturated rings. The van der Waals surface area contributed by atoms with Gasteiger partial charge in [-0.1, -0.05) is 117 Å². The lowest BCUT2D eigenvalue weighted by molar-refractivity contribution is 0.0948. The predicted molar refractivity (Wildman–Crippen MR) is 154 cm³/mol. The molecule has 0 aliphatic heterocycles. The third-order valence-electron chi connectivity index (χ3n) is 14.0. The van der Waals surface area contributed by atoms with Crippen molar-refractivity contribution in [2.75, 3.05) is 0 Å². The molecule has 0 aromatic carbocycles. The zero-order chi connectivity index (χ0) is 24.2. The lowest BCUT2D eigenvalue weighted by Gasteiger charge is -2.50. The summed E-state index contributed by atoms with van der Waals surface area (Å²) in [5.74, 6) is 11.0. The van der Waals surface area contributed by atoms with E-state index in [1.807, 2.05) is 0 Å². The van der Waals surface area contributed by atoms with Crippen LogP contribution in [0.4, 0.5) is 0 Å². The second-order valence-electron chi connectivity index (χ2n) is 15.9. The summed E-state index contributed by atoms with van der Waals surface area (Å²) in [4.78, 5) is 0. The third kappa shape index (κ3) is 4.56. The average Bonchev–Trinajstić information content (AvgIpc) is 3.41. The molecule has 6 aliphatic rings.